The maximum Gasteiger partial charge on any atom is 0.238 e. The number of primary sulfonamides is 1. The van der Waals surface area contributed by atoms with Crippen LogP contribution in [0.15, 0.2) is 47.4 Å². The number of hydrogen-bond donors (Lipinski definition) is 3. The highest BCUT2D eigenvalue weighted by Gasteiger charge is 2.22. The van der Waals surface area contributed by atoms with Crippen LogP contribution in [0.3, 0.4) is 0 Å². The van der Waals surface area contributed by atoms with E-state index in [2.05, 4.69) is 32.9 Å². The monoisotopic (exact) mass is 412 g/mol. The minimum atomic E-state index is -3.95. The number of rotatable bonds is 6. The maximum absolute atomic E-state index is 12.1. The number of H-pyrrole nitrogens is 1. The molecule has 29 heavy (non-hydrogen) atoms. The van der Waals surface area contributed by atoms with E-state index in [1.165, 1.54) is 30.9 Å². The third kappa shape index (κ3) is 4.36. The Morgan fingerprint density at radius 2 is 1.97 bits per heavy atom. The van der Waals surface area contributed by atoms with E-state index in [1.54, 1.807) is 6.07 Å². The van der Waals surface area contributed by atoms with Crippen LogP contribution < -0.4 is 10.5 Å². The second kappa shape index (κ2) is 8.02. The SMILES string of the molecule is C[C@H]1CC[C@@H](NCc2ccc(-c3cccc(S(N)(=O)=O)c3-c3nnn[nH]3)cc2)C1. The van der Waals surface area contributed by atoms with Crippen LogP contribution in [0, 0.1) is 5.92 Å². The van der Waals surface area contributed by atoms with Crippen molar-refractivity contribution in [1.29, 1.82) is 0 Å². The Bertz CT molecular complexity index is 1080. The van der Waals surface area contributed by atoms with Gasteiger partial charge in [0, 0.05) is 18.2 Å². The fourth-order valence-corrected chi connectivity index (χ4v) is 4.73. The number of tetrazole rings is 1. The quantitative estimate of drug-likeness (QED) is 0.571. The summed E-state index contributed by atoms with van der Waals surface area (Å²) in [6.07, 6.45) is 3.75. The summed E-state index contributed by atoms with van der Waals surface area (Å²) in [6, 6.07) is 13.6. The average molecular weight is 413 g/mol. The molecule has 0 bridgehead atoms. The summed E-state index contributed by atoms with van der Waals surface area (Å²) in [4.78, 5) is -0.0188. The lowest BCUT2D eigenvalue weighted by molar-refractivity contribution is 0.502. The van der Waals surface area contributed by atoms with Crippen LogP contribution in [0.5, 0.6) is 0 Å². The molecular weight excluding hydrogens is 388 g/mol. The van der Waals surface area contributed by atoms with Gasteiger partial charge in [-0.1, -0.05) is 43.3 Å². The van der Waals surface area contributed by atoms with E-state index in [-0.39, 0.29) is 10.7 Å². The number of nitrogens with two attached hydrogens (primary N) is 1. The molecule has 1 fully saturated rings. The van der Waals surface area contributed by atoms with Crippen LogP contribution in [0.1, 0.15) is 31.7 Å². The van der Waals surface area contributed by atoms with Gasteiger partial charge in [0.25, 0.3) is 0 Å². The lowest BCUT2D eigenvalue weighted by Gasteiger charge is -2.14. The predicted molar refractivity (Wildman–Crippen MR) is 110 cm³/mol. The Kier molecular flexibility index (Phi) is 5.44. The molecule has 152 valence electrons. The van der Waals surface area contributed by atoms with Crippen LogP contribution in [-0.4, -0.2) is 35.1 Å². The molecule has 1 aliphatic carbocycles. The van der Waals surface area contributed by atoms with E-state index in [0.717, 1.165) is 18.0 Å². The highest BCUT2D eigenvalue weighted by Crippen LogP contribution is 2.35. The molecule has 0 saturated heterocycles. The molecule has 0 unspecified atom stereocenters. The molecule has 1 aromatic heterocycles. The predicted octanol–water partition coefficient (Wildman–Crippen LogP) is 2.46. The molecule has 3 aromatic rings. The van der Waals surface area contributed by atoms with Crippen molar-refractivity contribution in [3.63, 3.8) is 0 Å². The Hall–Kier alpha value is -2.62. The molecule has 4 N–H and O–H groups in total. The number of aromatic amines is 1. The minimum absolute atomic E-state index is 0.0188. The average Bonchev–Trinajstić information content (AvgIpc) is 3.37. The second-order valence-electron chi connectivity index (χ2n) is 7.67. The van der Waals surface area contributed by atoms with Gasteiger partial charge in [0.05, 0.1) is 4.90 Å². The van der Waals surface area contributed by atoms with E-state index >= 15 is 0 Å². The Balaban J connectivity index is 1.63. The van der Waals surface area contributed by atoms with Gasteiger partial charge in [-0.3, -0.25) is 0 Å². The van der Waals surface area contributed by atoms with E-state index < -0.39 is 10.0 Å². The number of hydrogen-bond acceptors (Lipinski definition) is 6. The number of sulfonamides is 1. The van der Waals surface area contributed by atoms with E-state index in [0.29, 0.717) is 17.2 Å². The zero-order valence-corrected chi connectivity index (χ0v) is 17.0. The molecular formula is C20H24N6O2S. The van der Waals surface area contributed by atoms with Gasteiger partial charge in [0.1, 0.15) is 0 Å². The first kappa shape index (κ1) is 19.7. The molecule has 0 aliphatic heterocycles. The van der Waals surface area contributed by atoms with Gasteiger partial charge in [-0.15, -0.1) is 5.10 Å². The van der Waals surface area contributed by atoms with Crippen molar-refractivity contribution in [2.24, 2.45) is 11.1 Å². The van der Waals surface area contributed by atoms with Gasteiger partial charge in [-0.05, 0) is 58.4 Å². The zero-order valence-electron chi connectivity index (χ0n) is 16.2. The molecule has 1 saturated carbocycles. The molecule has 2 aromatic carbocycles. The van der Waals surface area contributed by atoms with Crippen molar-refractivity contribution in [3.05, 3.63) is 48.0 Å². The highest BCUT2D eigenvalue weighted by atomic mass is 32.2. The van der Waals surface area contributed by atoms with Gasteiger partial charge < -0.3 is 5.32 Å². The van der Waals surface area contributed by atoms with Gasteiger partial charge in [0.15, 0.2) is 5.82 Å². The Morgan fingerprint density at radius 1 is 1.17 bits per heavy atom. The first-order valence-electron chi connectivity index (χ1n) is 9.64. The summed E-state index contributed by atoms with van der Waals surface area (Å²) >= 11 is 0. The number of nitrogens with zero attached hydrogens (tertiary/aromatic N) is 3. The summed E-state index contributed by atoms with van der Waals surface area (Å²) in [7, 11) is -3.95. The summed E-state index contributed by atoms with van der Waals surface area (Å²) in [5.74, 6) is 1.05. The number of benzene rings is 2. The minimum Gasteiger partial charge on any atom is -0.310 e. The molecule has 0 spiro atoms. The molecule has 0 amide bonds. The molecule has 9 heteroatoms. The van der Waals surface area contributed by atoms with Crippen molar-refractivity contribution in [2.75, 3.05) is 0 Å². The number of nitrogens with one attached hydrogen (secondary N) is 2. The van der Waals surface area contributed by atoms with E-state index in [4.69, 9.17) is 5.14 Å². The first-order valence-corrected chi connectivity index (χ1v) is 11.2. The Morgan fingerprint density at radius 3 is 2.59 bits per heavy atom. The molecule has 1 aliphatic rings. The lowest BCUT2D eigenvalue weighted by Crippen LogP contribution is -2.25. The highest BCUT2D eigenvalue weighted by molar-refractivity contribution is 7.89. The van der Waals surface area contributed by atoms with E-state index in [1.807, 2.05) is 30.3 Å². The molecule has 0 radical (unpaired) electrons. The van der Waals surface area contributed by atoms with Gasteiger partial charge in [-0.25, -0.2) is 18.7 Å². The van der Waals surface area contributed by atoms with Crippen LogP contribution in [0.2, 0.25) is 0 Å². The van der Waals surface area contributed by atoms with Gasteiger partial charge in [-0.2, -0.15) is 0 Å². The van der Waals surface area contributed by atoms with Crippen molar-refractivity contribution in [2.45, 2.75) is 43.7 Å². The van der Waals surface area contributed by atoms with Crippen molar-refractivity contribution >= 4 is 10.0 Å². The van der Waals surface area contributed by atoms with Crippen LogP contribution in [0.4, 0.5) is 0 Å². The van der Waals surface area contributed by atoms with Crippen LogP contribution in [-0.2, 0) is 16.6 Å². The molecule has 2 atom stereocenters. The van der Waals surface area contributed by atoms with E-state index in [9.17, 15) is 8.42 Å². The normalized spacial score (nSPS) is 19.5. The fraction of sp³-hybridized carbons (Fsp3) is 0.350. The third-order valence-electron chi connectivity index (χ3n) is 5.47. The largest absolute Gasteiger partial charge is 0.310 e. The topological polar surface area (TPSA) is 127 Å². The lowest BCUT2D eigenvalue weighted by atomic mass is 9.98. The van der Waals surface area contributed by atoms with Crippen molar-refractivity contribution in [1.82, 2.24) is 25.9 Å². The molecule has 4 rings (SSSR count). The standard InChI is InChI=1S/C20H24N6O2S/c1-13-5-10-16(11-13)22-12-14-6-8-15(9-7-14)17-3-2-4-18(29(21,27)28)19(17)20-23-25-26-24-20/h2-4,6-9,13,16,22H,5,10-12H2,1H3,(H2,21,27,28)(H,23,24,25,26)/t13-,16+/m0/s1. The Labute approximate surface area is 170 Å². The maximum atomic E-state index is 12.1. The summed E-state index contributed by atoms with van der Waals surface area (Å²) in [6.45, 7) is 3.11. The van der Waals surface area contributed by atoms with Crippen molar-refractivity contribution < 1.29 is 8.42 Å². The number of aromatic nitrogens is 4. The fourth-order valence-electron chi connectivity index (χ4n) is 3.97. The second-order valence-corrected chi connectivity index (χ2v) is 9.20. The summed E-state index contributed by atoms with van der Waals surface area (Å²) in [5.41, 5.74) is 3.10. The van der Waals surface area contributed by atoms with Crippen molar-refractivity contribution in [3.8, 4) is 22.5 Å². The first-order chi connectivity index (χ1) is 13.9. The third-order valence-corrected chi connectivity index (χ3v) is 6.42. The summed E-state index contributed by atoms with van der Waals surface area (Å²) < 4.78 is 24.2. The van der Waals surface area contributed by atoms with Crippen LogP contribution >= 0.6 is 0 Å². The van der Waals surface area contributed by atoms with Gasteiger partial charge in [0.2, 0.25) is 10.0 Å². The smallest absolute Gasteiger partial charge is 0.238 e. The summed E-state index contributed by atoms with van der Waals surface area (Å²) in [5, 5.41) is 22.7. The van der Waals surface area contributed by atoms with Gasteiger partial charge >= 0.3 is 0 Å². The molecule has 8 nitrogen and oxygen atoms in total. The molecule has 1 heterocycles. The zero-order chi connectivity index (χ0) is 20.4. The van der Waals surface area contributed by atoms with Crippen LogP contribution in [0.25, 0.3) is 22.5 Å².